The van der Waals surface area contributed by atoms with Gasteiger partial charge >= 0.3 is 0 Å². The highest BCUT2D eigenvalue weighted by molar-refractivity contribution is 7.71. The zero-order valence-electron chi connectivity index (χ0n) is 17.9. The van der Waals surface area contributed by atoms with E-state index >= 15 is 0 Å². The number of aryl methyl sites for hydroxylation is 1. The van der Waals surface area contributed by atoms with Crippen LogP contribution in [0.2, 0.25) is 10.0 Å². The minimum atomic E-state index is -0.255. The fraction of sp³-hybridized carbons (Fsp3) is 0.125. The first kappa shape index (κ1) is 23.0. The molecule has 0 aliphatic rings. The summed E-state index contributed by atoms with van der Waals surface area (Å²) in [5.41, 5.74) is 3.05. The Balaban J connectivity index is 1.80. The Kier molecular flexibility index (Phi) is 6.83. The molecule has 4 aromatic rings. The van der Waals surface area contributed by atoms with Gasteiger partial charge < -0.3 is 10.1 Å². The molecule has 0 radical (unpaired) electrons. The lowest BCUT2D eigenvalue weighted by molar-refractivity contribution is -0.116. The van der Waals surface area contributed by atoms with E-state index in [2.05, 4.69) is 10.4 Å². The number of para-hydroxylation sites is 2. The van der Waals surface area contributed by atoms with Crippen molar-refractivity contribution < 1.29 is 9.53 Å². The maximum absolute atomic E-state index is 12.8. The van der Waals surface area contributed by atoms with E-state index in [1.54, 1.807) is 29.9 Å². The van der Waals surface area contributed by atoms with Crippen LogP contribution in [0.25, 0.3) is 17.1 Å². The molecule has 168 valence electrons. The molecule has 0 saturated heterocycles. The number of aromatic nitrogens is 3. The second-order valence-electron chi connectivity index (χ2n) is 7.31. The molecule has 4 rings (SSSR count). The van der Waals surface area contributed by atoms with Crippen molar-refractivity contribution in [2.75, 3.05) is 12.4 Å². The Morgan fingerprint density at radius 3 is 2.61 bits per heavy atom. The van der Waals surface area contributed by atoms with Crippen molar-refractivity contribution in [1.29, 1.82) is 0 Å². The molecule has 0 aliphatic heterocycles. The number of methoxy groups -OCH3 is 1. The Bertz CT molecular complexity index is 1400. The van der Waals surface area contributed by atoms with Crippen molar-refractivity contribution >= 4 is 47.0 Å². The molecule has 1 N–H and O–H groups in total. The van der Waals surface area contributed by atoms with E-state index in [1.165, 1.54) is 4.68 Å². The number of benzene rings is 3. The number of carbonyl (C=O) groups is 1. The molecule has 1 aromatic heterocycles. The quantitative estimate of drug-likeness (QED) is 0.315. The van der Waals surface area contributed by atoms with E-state index in [4.69, 9.17) is 40.2 Å². The number of hydrogen-bond acceptors (Lipinski definition) is 4. The molecule has 1 heterocycles. The third kappa shape index (κ3) is 4.95. The molecular formula is C24H20Cl2N4O2S. The number of nitrogens with one attached hydrogen (secondary N) is 1. The molecule has 0 aliphatic carbocycles. The Morgan fingerprint density at radius 2 is 1.88 bits per heavy atom. The van der Waals surface area contributed by atoms with Gasteiger partial charge in [-0.25, -0.2) is 4.68 Å². The van der Waals surface area contributed by atoms with Gasteiger partial charge in [0.05, 0.1) is 17.8 Å². The van der Waals surface area contributed by atoms with Gasteiger partial charge in [-0.2, -0.15) is 5.10 Å². The smallest absolute Gasteiger partial charge is 0.246 e. The SMILES string of the molecule is COc1ccccc1-n1c(-c2ccc(Cl)cc2Cl)nn(CC(=O)Nc2cccc(C)c2)c1=S. The third-order valence-corrected chi connectivity index (χ3v) is 5.87. The number of rotatable bonds is 6. The maximum atomic E-state index is 12.8. The second-order valence-corrected chi connectivity index (χ2v) is 8.52. The summed E-state index contributed by atoms with van der Waals surface area (Å²) >= 11 is 18.3. The van der Waals surface area contributed by atoms with Gasteiger partial charge in [-0.15, -0.1) is 0 Å². The van der Waals surface area contributed by atoms with Gasteiger partial charge in [-0.3, -0.25) is 9.36 Å². The third-order valence-electron chi connectivity index (χ3n) is 4.93. The van der Waals surface area contributed by atoms with Crippen LogP contribution in [-0.4, -0.2) is 27.4 Å². The minimum Gasteiger partial charge on any atom is -0.495 e. The second kappa shape index (κ2) is 9.79. The monoisotopic (exact) mass is 498 g/mol. The highest BCUT2D eigenvalue weighted by Gasteiger charge is 2.20. The molecule has 1 amide bonds. The Morgan fingerprint density at radius 1 is 1.09 bits per heavy atom. The molecule has 6 nitrogen and oxygen atoms in total. The van der Waals surface area contributed by atoms with E-state index < -0.39 is 0 Å². The van der Waals surface area contributed by atoms with E-state index in [0.29, 0.717) is 43.3 Å². The Hall–Kier alpha value is -3.13. The normalized spacial score (nSPS) is 10.8. The predicted octanol–water partition coefficient (Wildman–Crippen LogP) is 6.33. The lowest BCUT2D eigenvalue weighted by atomic mass is 10.2. The molecule has 33 heavy (non-hydrogen) atoms. The van der Waals surface area contributed by atoms with Crippen molar-refractivity contribution in [1.82, 2.24) is 14.3 Å². The zero-order chi connectivity index (χ0) is 23.5. The average molecular weight is 499 g/mol. The number of nitrogens with zero attached hydrogens (tertiary/aromatic N) is 3. The van der Waals surface area contributed by atoms with E-state index in [1.807, 2.05) is 55.5 Å². The first-order valence-electron chi connectivity index (χ1n) is 10.0. The fourth-order valence-corrected chi connectivity index (χ4v) is 4.23. The molecular weight excluding hydrogens is 479 g/mol. The molecule has 0 unspecified atom stereocenters. The van der Waals surface area contributed by atoms with Crippen molar-refractivity contribution in [2.24, 2.45) is 0 Å². The van der Waals surface area contributed by atoms with Gasteiger partial charge in [0, 0.05) is 16.3 Å². The van der Waals surface area contributed by atoms with Crippen LogP contribution in [0.5, 0.6) is 5.75 Å². The molecule has 0 saturated carbocycles. The van der Waals surface area contributed by atoms with Crippen molar-refractivity contribution in [3.63, 3.8) is 0 Å². The average Bonchev–Trinajstić information content (AvgIpc) is 3.09. The highest BCUT2D eigenvalue weighted by Crippen LogP contribution is 2.33. The minimum absolute atomic E-state index is 0.0763. The molecule has 0 atom stereocenters. The summed E-state index contributed by atoms with van der Waals surface area (Å²) in [6.45, 7) is 1.88. The number of ether oxygens (including phenoxy) is 1. The van der Waals surface area contributed by atoms with Crippen LogP contribution < -0.4 is 10.1 Å². The van der Waals surface area contributed by atoms with Gasteiger partial charge in [-0.05, 0) is 67.2 Å². The van der Waals surface area contributed by atoms with E-state index in [-0.39, 0.29) is 12.5 Å². The summed E-state index contributed by atoms with van der Waals surface area (Å²) < 4.78 is 9.06. The van der Waals surface area contributed by atoms with Gasteiger partial charge in [0.2, 0.25) is 10.7 Å². The molecule has 9 heteroatoms. The number of hydrogen-bond donors (Lipinski definition) is 1. The summed E-state index contributed by atoms with van der Waals surface area (Å²) in [7, 11) is 1.58. The standard InChI is InChI=1S/C24H20Cl2N4O2S/c1-15-6-5-7-17(12-15)27-22(31)14-29-24(33)30(20-8-3-4-9-21(20)32-2)23(28-29)18-11-10-16(25)13-19(18)26/h3-13H,14H2,1-2H3,(H,27,31). The number of halogens is 2. The first-order chi connectivity index (χ1) is 15.9. The van der Waals surface area contributed by atoms with Crippen LogP contribution >= 0.6 is 35.4 Å². The summed E-state index contributed by atoms with van der Waals surface area (Å²) in [4.78, 5) is 12.8. The number of carbonyl (C=O) groups excluding carboxylic acids is 1. The number of anilines is 1. The van der Waals surface area contributed by atoms with Crippen LogP contribution in [-0.2, 0) is 11.3 Å². The predicted molar refractivity (Wildman–Crippen MR) is 134 cm³/mol. The van der Waals surface area contributed by atoms with Crippen molar-refractivity contribution in [2.45, 2.75) is 13.5 Å². The Labute approximate surface area is 206 Å². The zero-order valence-corrected chi connectivity index (χ0v) is 20.2. The molecule has 0 bridgehead atoms. The van der Waals surface area contributed by atoms with Gasteiger partial charge in [-0.1, -0.05) is 47.5 Å². The number of amides is 1. The summed E-state index contributed by atoms with van der Waals surface area (Å²) in [5.74, 6) is 0.813. The fourth-order valence-electron chi connectivity index (χ4n) is 3.45. The maximum Gasteiger partial charge on any atom is 0.246 e. The summed E-state index contributed by atoms with van der Waals surface area (Å²) in [6, 6.07) is 20.1. The topological polar surface area (TPSA) is 61.1 Å². The molecule has 3 aromatic carbocycles. The lowest BCUT2D eigenvalue weighted by Crippen LogP contribution is -2.20. The van der Waals surface area contributed by atoms with Gasteiger partial charge in [0.15, 0.2) is 5.82 Å². The lowest BCUT2D eigenvalue weighted by Gasteiger charge is -2.12. The largest absolute Gasteiger partial charge is 0.495 e. The highest BCUT2D eigenvalue weighted by atomic mass is 35.5. The van der Waals surface area contributed by atoms with Crippen LogP contribution in [0, 0.1) is 11.7 Å². The molecule has 0 spiro atoms. The van der Waals surface area contributed by atoms with Crippen LogP contribution in [0.1, 0.15) is 5.56 Å². The first-order valence-corrected chi connectivity index (χ1v) is 11.2. The van der Waals surface area contributed by atoms with Crippen LogP contribution in [0.3, 0.4) is 0 Å². The molecule has 0 fully saturated rings. The van der Waals surface area contributed by atoms with E-state index in [0.717, 1.165) is 5.56 Å². The van der Waals surface area contributed by atoms with Gasteiger partial charge in [0.1, 0.15) is 12.3 Å². The van der Waals surface area contributed by atoms with Crippen molar-refractivity contribution in [3.05, 3.63) is 87.1 Å². The summed E-state index contributed by atoms with van der Waals surface area (Å²) in [6.07, 6.45) is 0. The van der Waals surface area contributed by atoms with Gasteiger partial charge in [0.25, 0.3) is 0 Å². The summed E-state index contributed by atoms with van der Waals surface area (Å²) in [5, 5.41) is 8.45. The van der Waals surface area contributed by atoms with Crippen molar-refractivity contribution in [3.8, 4) is 22.8 Å². The van der Waals surface area contributed by atoms with E-state index in [9.17, 15) is 4.79 Å². The van der Waals surface area contributed by atoms with Crippen LogP contribution in [0.15, 0.2) is 66.7 Å². The van der Waals surface area contributed by atoms with Crippen LogP contribution in [0.4, 0.5) is 5.69 Å².